The van der Waals surface area contributed by atoms with Gasteiger partial charge in [-0.25, -0.2) is 17.1 Å². The van der Waals surface area contributed by atoms with Crippen LogP contribution in [-0.4, -0.2) is 54.3 Å². The lowest BCUT2D eigenvalue weighted by molar-refractivity contribution is 0.0205. The Balaban J connectivity index is 4.32. The van der Waals surface area contributed by atoms with Crippen LogP contribution in [0.2, 0.25) is 0 Å². The molecule has 0 aliphatic heterocycles. The molecule has 0 aromatic rings. The molecule has 0 amide bonds. The van der Waals surface area contributed by atoms with Crippen LogP contribution in [0.5, 0.6) is 0 Å². The second kappa shape index (κ2) is 8.68. The van der Waals surface area contributed by atoms with E-state index in [1.54, 1.807) is 0 Å². The molecule has 0 aliphatic rings. The highest BCUT2D eigenvalue weighted by Gasteiger charge is 2.48. The maximum absolute atomic E-state index is 12.5. The molecule has 18 heteroatoms. The number of rotatable bonds is 12. The molecular weight excluding hydrogens is 425 g/mol. The molecular formula is C6H8F6O9PS2+. The molecule has 0 heterocycles. The van der Waals surface area contributed by atoms with Crippen LogP contribution in [0.3, 0.4) is 0 Å². The van der Waals surface area contributed by atoms with Gasteiger partial charge in [0, 0.05) is 4.57 Å². The Morgan fingerprint density at radius 2 is 1.04 bits per heavy atom. The number of alkyl halides is 6. The van der Waals surface area contributed by atoms with E-state index in [4.69, 9.17) is 0 Å². The number of hydrogen-bond acceptors (Lipinski definition) is 9. The van der Waals surface area contributed by atoms with Crippen LogP contribution in [-0.2, 0) is 42.2 Å². The van der Waals surface area contributed by atoms with Gasteiger partial charge in [0.05, 0.1) is 0 Å². The number of hydrogen-bond donors (Lipinski definition) is 0. The van der Waals surface area contributed by atoms with E-state index in [0.717, 1.165) is 0 Å². The van der Waals surface area contributed by atoms with Crippen molar-refractivity contribution in [1.29, 1.82) is 0 Å². The van der Waals surface area contributed by atoms with Gasteiger partial charge in [-0.3, -0.25) is 0 Å². The molecule has 0 saturated carbocycles. The normalized spacial score (nSPS) is 13.9. The van der Waals surface area contributed by atoms with Crippen molar-refractivity contribution in [3.05, 3.63) is 0 Å². The van der Waals surface area contributed by atoms with Gasteiger partial charge in [-0.15, -0.1) is 0 Å². The predicted octanol–water partition coefficient (Wildman–Crippen LogP) is 1.41. The van der Waals surface area contributed by atoms with Gasteiger partial charge in [-0.2, -0.15) is 34.4 Å². The van der Waals surface area contributed by atoms with Gasteiger partial charge >= 0.3 is 39.0 Å². The standard InChI is InChI=1S/C6H8F6O9PS2/c7-1-5(9,10)23(14,15)20-3-18-22(13)19-4-21-24(16,17)6(11,12)2-8/h1-4H2/q+1. The van der Waals surface area contributed by atoms with Crippen LogP contribution >= 0.6 is 8.25 Å². The molecule has 0 bridgehead atoms. The third-order valence-corrected chi connectivity index (χ3v) is 4.89. The molecule has 0 N–H and O–H groups in total. The van der Waals surface area contributed by atoms with Gasteiger partial charge in [0.25, 0.3) is 0 Å². The highest BCUT2D eigenvalue weighted by atomic mass is 32.2. The summed E-state index contributed by atoms with van der Waals surface area (Å²) in [6, 6.07) is 0. The van der Waals surface area contributed by atoms with Gasteiger partial charge in [-0.05, 0) is 0 Å². The summed E-state index contributed by atoms with van der Waals surface area (Å²) in [5.41, 5.74) is 0. The van der Waals surface area contributed by atoms with Crippen LogP contribution in [0.1, 0.15) is 0 Å². The largest absolute Gasteiger partial charge is 0.702 e. The fourth-order valence-corrected chi connectivity index (χ4v) is 2.06. The van der Waals surface area contributed by atoms with E-state index in [9.17, 15) is 47.7 Å². The second-order valence-electron chi connectivity index (χ2n) is 3.40. The zero-order valence-electron chi connectivity index (χ0n) is 11.0. The molecule has 0 unspecified atom stereocenters. The van der Waals surface area contributed by atoms with Gasteiger partial charge in [0.15, 0.2) is 13.3 Å². The van der Waals surface area contributed by atoms with Crippen LogP contribution in [0, 0.1) is 0 Å². The molecule has 0 aliphatic carbocycles. The first-order valence-electron chi connectivity index (χ1n) is 5.11. The molecule has 0 atom stereocenters. The summed E-state index contributed by atoms with van der Waals surface area (Å²) >= 11 is 0. The summed E-state index contributed by atoms with van der Waals surface area (Å²) in [5.74, 6) is 0. The van der Waals surface area contributed by atoms with Gasteiger partial charge < -0.3 is 0 Å². The van der Waals surface area contributed by atoms with Gasteiger partial charge in [0.2, 0.25) is 13.6 Å². The SMILES string of the molecule is O=[P+](OCOS(=O)(=O)C(F)(F)CF)OCOS(=O)(=O)C(F)(F)CF. The molecule has 24 heavy (non-hydrogen) atoms. The minimum atomic E-state index is -5.76. The third-order valence-electron chi connectivity index (χ3n) is 1.77. The topological polar surface area (TPSA) is 122 Å². The summed E-state index contributed by atoms with van der Waals surface area (Å²) in [6.45, 7) is -8.57. The lowest BCUT2D eigenvalue weighted by Crippen LogP contribution is -2.33. The van der Waals surface area contributed by atoms with Crippen molar-refractivity contribution in [1.82, 2.24) is 0 Å². The molecule has 0 aromatic carbocycles. The zero-order valence-corrected chi connectivity index (χ0v) is 13.6. The van der Waals surface area contributed by atoms with Crippen LogP contribution in [0.25, 0.3) is 0 Å². The first-order chi connectivity index (χ1) is 10.7. The lowest BCUT2D eigenvalue weighted by Gasteiger charge is -2.11. The third kappa shape index (κ3) is 6.38. The Bertz CT molecular complexity index is 581. The summed E-state index contributed by atoms with van der Waals surface area (Å²) in [4.78, 5) is 0. The van der Waals surface area contributed by atoms with Crippen LogP contribution in [0.4, 0.5) is 26.3 Å². The van der Waals surface area contributed by atoms with E-state index < -0.39 is 65.9 Å². The van der Waals surface area contributed by atoms with E-state index in [0.29, 0.717) is 0 Å². The molecule has 0 rings (SSSR count). The summed E-state index contributed by atoms with van der Waals surface area (Å²) in [6.07, 6.45) is 0. The monoisotopic (exact) mass is 433 g/mol. The zero-order chi connectivity index (χ0) is 19.2. The van der Waals surface area contributed by atoms with E-state index in [1.807, 2.05) is 0 Å². The maximum Gasteiger partial charge on any atom is 0.702 e. The Labute approximate surface area is 132 Å². The lowest BCUT2D eigenvalue weighted by atomic mass is 10.8. The average molecular weight is 433 g/mol. The second-order valence-corrected chi connectivity index (χ2v) is 7.85. The fraction of sp³-hybridized carbons (Fsp3) is 1.00. The van der Waals surface area contributed by atoms with E-state index in [1.165, 1.54) is 0 Å². The average Bonchev–Trinajstić information content (AvgIpc) is 2.46. The minimum absolute atomic E-state index is 1.67. The van der Waals surface area contributed by atoms with Gasteiger partial charge in [-0.1, -0.05) is 9.05 Å². The Hall–Kier alpha value is -0.580. The summed E-state index contributed by atoms with van der Waals surface area (Å²) in [7, 11) is -15.0. The van der Waals surface area contributed by atoms with Crippen molar-refractivity contribution in [3.63, 3.8) is 0 Å². The van der Waals surface area contributed by atoms with E-state index in [-0.39, 0.29) is 0 Å². The first kappa shape index (κ1) is 23.4. The van der Waals surface area contributed by atoms with E-state index >= 15 is 0 Å². The Morgan fingerprint density at radius 3 is 1.29 bits per heavy atom. The molecule has 0 fully saturated rings. The van der Waals surface area contributed by atoms with Crippen LogP contribution in [0.15, 0.2) is 0 Å². The maximum atomic E-state index is 12.5. The summed E-state index contributed by atoms with van der Waals surface area (Å²) < 4.78 is 142. The van der Waals surface area contributed by atoms with Crippen molar-refractivity contribution in [2.75, 3.05) is 26.9 Å². The minimum Gasteiger partial charge on any atom is -0.243 e. The van der Waals surface area contributed by atoms with Gasteiger partial charge in [0.1, 0.15) is 0 Å². The van der Waals surface area contributed by atoms with Crippen molar-refractivity contribution < 1.29 is 65.2 Å². The Kier molecular flexibility index (Phi) is 8.47. The van der Waals surface area contributed by atoms with Crippen molar-refractivity contribution in [2.45, 2.75) is 10.5 Å². The highest BCUT2D eigenvalue weighted by molar-refractivity contribution is 7.88. The van der Waals surface area contributed by atoms with Crippen molar-refractivity contribution >= 4 is 28.5 Å². The molecule has 0 radical (unpaired) electrons. The van der Waals surface area contributed by atoms with Crippen LogP contribution < -0.4 is 0 Å². The molecule has 144 valence electrons. The van der Waals surface area contributed by atoms with Crippen molar-refractivity contribution in [3.8, 4) is 0 Å². The highest BCUT2D eigenvalue weighted by Crippen LogP contribution is 2.29. The first-order valence-corrected chi connectivity index (χ1v) is 9.02. The fourth-order valence-electron chi connectivity index (χ4n) is 0.599. The molecule has 0 spiro atoms. The molecule has 0 aromatic heterocycles. The van der Waals surface area contributed by atoms with Crippen molar-refractivity contribution in [2.24, 2.45) is 0 Å². The quantitative estimate of drug-likeness (QED) is 0.195. The Morgan fingerprint density at radius 1 is 0.750 bits per heavy atom. The molecule has 0 saturated heterocycles. The number of halogens is 6. The predicted molar refractivity (Wildman–Crippen MR) is 61.4 cm³/mol. The molecule has 9 nitrogen and oxygen atoms in total. The van der Waals surface area contributed by atoms with E-state index in [2.05, 4.69) is 17.4 Å². The summed E-state index contributed by atoms with van der Waals surface area (Å²) in [5, 5.41) is -9.81. The smallest absolute Gasteiger partial charge is 0.243 e.